The van der Waals surface area contributed by atoms with Crippen molar-refractivity contribution in [1.82, 2.24) is 74.1 Å². The summed E-state index contributed by atoms with van der Waals surface area (Å²) in [6.45, 7) is 3.47. The van der Waals surface area contributed by atoms with E-state index in [0.717, 1.165) is 20.8 Å². The number of amides is 14. The fourth-order valence-corrected chi connectivity index (χ4v) is 9.32. The van der Waals surface area contributed by atoms with Crippen LogP contribution >= 0.6 is 0 Å². The maximum Gasteiger partial charge on any atom is 0.329 e. The number of esters is 1. The minimum atomic E-state index is -2.31. The van der Waals surface area contributed by atoms with Gasteiger partial charge in [-0.05, 0) is 51.2 Å². The molecule has 0 aliphatic carbocycles. The van der Waals surface area contributed by atoms with E-state index in [1.54, 1.807) is 30.5 Å². The number of hydrogen-bond donors (Lipinski definition) is 20. The van der Waals surface area contributed by atoms with E-state index in [9.17, 15) is 121 Å². The van der Waals surface area contributed by atoms with Crippen LogP contribution in [0.15, 0.2) is 30.5 Å². The number of H-pyrrole nitrogens is 1. The van der Waals surface area contributed by atoms with Crippen molar-refractivity contribution >= 4 is 130 Å². The molecule has 14 amide bonds. The molecule has 41 nitrogen and oxygen atoms in total. The van der Waals surface area contributed by atoms with E-state index in [0.29, 0.717) is 16.5 Å². The molecule has 99 heavy (non-hydrogen) atoms. The number of carbonyl (C=O) groups excluding carboxylic acids is 15. The smallest absolute Gasteiger partial charge is 0.329 e. The van der Waals surface area contributed by atoms with Crippen LogP contribution in [0.2, 0.25) is 0 Å². The SMILES string of the molecule is CCC(C)C1NC(=O)C(CCC(=O)O)NC(=O)C(CC(N)=O)NC(=O)CNC(=O)C(CC(=O)O)NC(=O)C(C)NC(=O)C(CC(=O)O)NC(=O)C(C)NC(=O)CNC(=O)C(NC(=O)C(CC(=O)O)NC(=O)C(CCC(=O)O)NC(=O)C(Cc2c[nH]c3ccccc23)NC=O)C(C)OC1=O. The monoisotopic (exact) mass is 1400 g/mol. The highest BCUT2D eigenvalue weighted by Gasteiger charge is 2.40. The second kappa shape index (κ2) is 39.3. The summed E-state index contributed by atoms with van der Waals surface area (Å²) in [6.07, 6.45) is -8.47. The number of aromatic amines is 1. The molecule has 1 saturated heterocycles. The quantitative estimate of drug-likeness (QED) is 0.0307. The number of carboxylic acid groups (broad SMARTS) is 5. The molecule has 1 aromatic heterocycles. The number of rotatable bonds is 26. The number of para-hydroxylation sites is 1. The molecule has 13 atom stereocenters. The van der Waals surface area contributed by atoms with Gasteiger partial charge in [0.1, 0.15) is 72.6 Å². The first-order valence-corrected chi connectivity index (χ1v) is 30.3. The lowest BCUT2D eigenvalue weighted by Gasteiger charge is -2.30. The number of carbonyl (C=O) groups is 20. The first-order valence-electron chi connectivity index (χ1n) is 30.3. The van der Waals surface area contributed by atoms with Gasteiger partial charge in [-0.15, -0.1) is 0 Å². The lowest BCUT2D eigenvalue weighted by Crippen LogP contribution is -2.61. The number of hydrogen-bond acceptors (Lipinski definition) is 21. The highest BCUT2D eigenvalue weighted by Crippen LogP contribution is 2.20. The molecular formula is C58H79N15O26. The summed E-state index contributed by atoms with van der Waals surface area (Å²) in [5.41, 5.74) is 6.49. The average Bonchev–Trinajstić information content (AvgIpc) is 1.74. The van der Waals surface area contributed by atoms with Crippen LogP contribution < -0.4 is 74.9 Å². The van der Waals surface area contributed by atoms with Crippen molar-refractivity contribution in [1.29, 1.82) is 0 Å². The van der Waals surface area contributed by atoms with Crippen LogP contribution in [0.4, 0.5) is 0 Å². The van der Waals surface area contributed by atoms with Gasteiger partial charge in [-0.25, -0.2) is 4.79 Å². The van der Waals surface area contributed by atoms with E-state index < -0.39 is 256 Å². The van der Waals surface area contributed by atoms with Gasteiger partial charge in [-0.2, -0.15) is 0 Å². The van der Waals surface area contributed by atoms with Crippen molar-refractivity contribution in [2.45, 2.75) is 171 Å². The topological polar surface area (TPSA) is 650 Å². The fraction of sp³-hybridized carbons (Fsp3) is 0.517. The maximum absolute atomic E-state index is 14.4. The van der Waals surface area contributed by atoms with Crippen molar-refractivity contribution < 1.29 is 126 Å². The average molecular weight is 1400 g/mol. The maximum atomic E-state index is 14.4. The van der Waals surface area contributed by atoms with Gasteiger partial charge in [-0.1, -0.05) is 38.5 Å². The molecular weight excluding hydrogens is 1320 g/mol. The summed E-state index contributed by atoms with van der Waals surface area (Å²) < 4.78 is 5.62. The van der Waals surface area contributed by atoms with Crippen LogP contribution in [-0.2, 0) is 107 Å². The number of fused-ring (bicyclic) bond motifs is 1. The predicted octanol–water partition coefficient (Wildman–Crippen LogP) is -8.03. The Kier molecular flexibility index (Phi) is 32.3. The van der Waals surface area contributed by atoms with Crippen molar-refractivity contribution in [2.75, 3.05) is 13.1 Å². The van der Waals surface area contributed by atoms with Gasteiger partial charge in [0, 0.05) is 36.4 Å². The van der Waals surface area contributed by atoms with E-state index in [4.69, 9.17) is 10.5 Å². The largest absolute Gasteiger partial charge is 0.481 e. The van der Waals surface area contributed by atoms with Gasteiger partial charge in [0.15, 0.2) is 0 Å². The summed E-state index contributed by atoms with van der Waals surface area (Å²) in [6, 6.07) is -14.6. The Hall–Kier alpha value is -11.8. The molecule has 21 N–H and O–H groups in total. The molecule has 542 valence electrons. The molecule has 3 rings (SSSR count). The van der Waals surface area contributed by atoms with Crippen LogP contribution in [-0.4, -0.2) is 235 Å². The standard InChI is InChI=1S/C58H79N15O26/c1-6-24(2)46-58(98)99-27(5)47(73-56(96)37(19-45(86)87)71-51(91)31(11-13-41(78)79)67-53(93)33(63-23-74)15-28-20-60-30-10-8-7-9-29(28)30)57(97)62-21-39(76)64-25(3)48(88)70-36(18-44(84)85)54(94)65-26(4)49(89)69-35(17-43(82)83)50(90)61-22-40(77)66-34(16-38(59)75)55(95)68-32(52(92)72-46)12-14-42(80)81/h7-10,20,23-27,31-37,46-47,60H,6,11-19,21-22H2,1-5H3,(H2,59,75)(H,61,90)(H,62,97)(H,63,74)(H,64,76)(H,65,94)(H,66,77)(H,67,93)(H,68,95)(H,69,89)(H,70,88)(H,71,91)(H,72,92)(H,73,96)(H,78,79)(H,80,81)(H,82,83)(H,84,85)(H,86,87). The Labute approximate surface area is 560 Å². The Morgan fingerprint density at radius 3 is 1.67 bits per heavy atom. The first kappa shape index (κ1) is 81.4. The number of ether oxygens (including phenoxy) is 1. The van der Waals surface area contributed by atoms with Crippen LogP contribution in [0.3, 0.4) is 0 Å². The summed E-state index contributed by atoms with van der Waals surface area (Å²) in [4.78, 5) is 266. The van der Waals surface area contributed by atoms with E-state index >= 15 is 0 Å². The second-order valence-corrected chi connectivity index (χ2v) is 22.6. The van der Waals surface area contributed by atoms with Crippen molar-refractivity contribution in [3.05, 3.63) is 36.0 Å². The first-order chi connectivity index (χ1) is 46.4. The van der Waals surface area contributed by atoms with Gasteiger partial charge >= 0.3 is 35.8 Å². The number of cyclic esters (lactones) is 1. The summed E-state index contributed by atoms with van der Waals surface area (Å²) in [7, 11) is 0. The van der Waals surface area contributed by atoms with Crippen molar-refractivity contribution in [3.8, 4) is 0 Å². The Balaban J connectivity index is 2.16. The van der Waals surface area contributed by atoms with Crippen LogP contribution in [0, 0.1) is 5.92 Å². The molecule has 1 aliphatic rings. The van der Waals surface area contributed by atoms with Gasteiger partial charge in [0.25, 0.3) is 0 Å². The summed E-state index contributed by atoms with van der Waals surface area (Å²) >= 11 is 0. The van der Waals surface area contributed by atoms with E-state index in [-0.39, 0.29) is 19.3 Å². The van der Waals surface area contributed by atoms with E-state index in [1.165, 1.54) is 13.8 Å². The zero-order valence-electron chi connectivity index (χ0n) is 53.8. The molecule has 2 heterocycles. The third-order valence-electron chi connectivity index (χ3n) is 14.8. The van der Waals surface area contributed by atoms with E-state index in [1.807, 2.05) is 21.3 Å². The van der Waals surface area contributed by atoms with Crippen molar-refractivity contribution in [2.24, 2.45) is 11.7 Å². The molecule has 1 aromatic carbocycles. The Morgan fingerprint density at radius 2 is 1.10 bits per heavy atom. The molecule has 1 fully saturated rings. The molecule has 0 bridgehead atoms. The zero-order chi connectivity index (χ0) is 74.5. The number of aliphatic carboxylic acids is 5. The highest BCUT2D eigenvalue weighted by atomic mass is 16.5. The zero-order valence-corrected chi connectivity index (χ0v) is 53.8. The Bertz CT molecular complexity index is 3410. The minimum Gasteiger partial charge on any atom is -0.481 e. The van der Waals surface area contributed by atoms with Crippen LogP contribution in [0.25, 0.3) is 10.9 Å². The lowest BCUT2D eigenvalue weighted by atomic mass is 9.98. The van der Waals surface area contributed by atoms with Gasteiger partial charge in [-0.3, -0.25) is 91.1 Å². The third kappa shape index (κ3) is 27.4. The van der Waals surface area contributed by atoms with Gasteiger partial charge in [0.2, 0.25) is 83.2 Å². The molecule has 41 heteroatoms. The number of carboxylic acids is 5. The molecule has 2 aromatic rings. The molecule has 0 radical (unpaired) electrons. The number of benzene rings is 1. The predicted molar refractivity (Wildman–Crippen MR) is 331 cm³/mol. The van der Waals surface area contributed by atoms with Gasteiger partial charge < -0.3 is 110 Å². The summed E-state index contributed by atoms with van der Waals surface area (Å²) in [5, 5.41) is 76.5. The molecule has 0 saturated carbocycles. The number of primary amides is 1. The van der Waals surface area contributed by atoms with Gasteiger partial charge in [0.05, 0.1) is 38.8 Å². The van der Waals surface area contributed by atoms with Crippen molar-refractivity contribution in [3.63, 3.8) is 0 Å². The number of aromatic nitrogens is 1. The van der Waals surface area contributed by atoms with Crippen LogP contribution in [0.5, 0.6) is 0 Å². The fourth-order valence-electron chi connectivity index (χ4n) is 9.32. The number of nitrogens with one attached hydrogen (secondary N) is 14. The van der Waals surface area contributed by atoms with Crippen LogP contribution in [0.1, 0.15) is 98.0 Å². The number of nitrogens with two attached hydrogens (primary N) is 1. The molecule has 1 aliphatic heterocycles. The minimum absolute atomic E-state index is 0.00513. The molecule has 13 unspecified atom stereocenters. The van der Waals surface area contributed by atoms with E-state index in [2.05, 4.69) is 52.8 Å². The Morgan fingerprint density at radius 1 is 0.586 bits per heavy atom. The second-order valence-electron chi connectivity index (χ2n) is 22.6. The normalized spacial score (nSPS) is 22.7. The lowest BCUT2D eigenvalue weighted by molar-refractivity contribution is -0.157. The molecule has 0 spiro atoms. The third-order valence-corrected chi connectivity index (χ3v) is 14.8. The highest BCUT2D eigenvalue weighted by molar-refractivity contribution is 6.01. The summed E-state index contributed by atoms with van der Waals surface area (Å²) in [5.74, 6) is -28.2.